The van der Waals surface area contributed by atoms with Gasteiger partial charge in [0.05, 0.1) is 7.05 Å². The molecule has 2 aliphatic rings. The molecule has 174 valence electrons. The summed E-state index contributed by atoms with van der Waals surface area (Å²) in [5.74, 6) is 2.81. The largest absolute Gasteiger partial charge is 0.346 e. The van der Waals surface area contributed by atoms with E-state index in [2.05, 4.69) is 46.9 Å². The number of hydrogen-bond donors (Lipinski definition) is 2. The first kappa shape index (κ1) is 21.3. The molecule has 2 saturated carbocycles. The Labute approximate surface area is 191 Å². The van der Waals surface area contributed by atoms with Crippen molar-refractivity contribution in [3.63, 3.8) is 0 Å². The van der Waals surface area contributed by atoms with Crippen LogP contribution in [0.5, 0.6) is 0 Å². The maximum absolute atomic E-state index is 12.3. The van der Waals surface area contributed by atoms with Gasteiger partial charge in [0.25, 0.3) is 11.7 Å². The molecule has 0 spiro atoms. The average molecular weight is 452 g/mol. The summed E-state index contributed by atoms with van der Waals surface area (Å²) in [5, 5.41) is 22.1. The van der Waals surface area contributed by atoms with Crippen LogP contribution in [0, 0.1) is 0 Å². The summed E-state index contributed by atoms with van der Waals surface area (Å²) in [6.07, 6.45) is 7.87. The van der Waals surface area contributed by atoms with E-state index >= 15 is 0 Å². The van der Waals surface area contributed by atoms with E-state index < -0.39 is 0 Å². The number of carbonyl (C=O) groups excluding carboxylic acids is 1. The molecule has 0 bridgehead atoms. The van der Waals surface area contributed by atoms with E-state index in [4.69, 9.17) is 4.98 Å². The number of hydrogen-bond acceptors (Lipinski definition) is 9. The van der Waals surface area contributed by atoms with Crippen LogP contribution in [0.3, 0.4) is 0 Å². The summed E-state index contributed by atoms with van der Waals surface area (Å²) >= 11 is 0. The fourth-order valence-electron chi connectivity index (χ4n) is 4.31. The molecule has 0 atom stereocenters. The van der Waals surface area contributed by atoms with Gasteiger partial charge >= 0.3 is 0 Å². The lowest BCUT2D eigenvalue weighted by Crippen LogP contribution is -2.43. The molecule has 2 fully saturated rings. The smallest absolute Gasteiger partial charge is 0.293 e. The van der Waals surface area contributed by atoms with Crippen molar-refractivity contribution in [2.45, 2.75) is 56.5 Å². The molecule has 0 saturated heterocycles. The van der Waals surface area contributed by atoms with E-state index in [-0.39, 0.29) is 17.8 Å². The van der Waals surface area contributed by atoms with Gasteiger partial charge in [-0.3, -0.25) is 9.89 Å². The quantitative estimate of drug-likeness (QED) is 0.548. The molecule has 0 aliphatic heterocycles. The highest BCUT2D eigenvalue weighted by atomic mass is 16.2. The van der Waals surface area contributed by atoms with Gasteiger partial charge in [-0.05, 0) is 49.8 Å². The van der Waals surface area contributed by atoms with Gasteiger partial charge in [-0.15, -0.1) is 10.2 Å². The number of aromatic nitrogens is 8. The number of nitrogens with one attached hydrogen (secondary N) is 2. The molecule has 0 unspecified atom stereocenters. The Morgan fingerprint density at radius 2 is 1.94 bits per heavy atom. The monoisotopic (exact) mass is 451 g/mol. The van der Waals surface area contributed by atoms with E-state index in [0.29, 0.717) is 17.9 Å². The molecule has 3 aromatic heterocycles. The fourth-order valence-corrected chi connectivity index (χ4v) is 4.31. The van der Waals surface area contributed by atoms with Crippen molar-refractivity contribution >= 4 is 23.5 Å². The van der Waals surface area contributed by atoms with E-state index in [1.54, 1.807) is 13.2 Å². The number of rotatable bonds is 7. The molecule has 12 heteroatoms. The summed E-state index contributed by atoms with van der Waals surface area (Å²) in [7, 11) is 5.64. The van der Waals surface area contributed by atoms with Gasteiger partial charge in [-0.2, -0.15) is 14.9 Å². The van der Waals surface area contributed by atoms with Gasteiger partial charge in [0.15, 0.2) is 5.82 Å². The maximum Gasteiger partial charge on any atom is 0.293 e. The average Bonchev–Trinajstić information content (AvgIpc) is 3.40. The van der Waals surface area contributed by atoms with Crippen molar-refractivity contribution in [1.82, 2.24) is 45.7 Å². The van der Waals surface area contributed by atoms with Crippen molar-refractivity contribution in [2.24, 2.45) is 7.05 Å². The Morgan fingerprint density at radius 3 is 2.64 bits per heavy atom. The van der Waals surface area contributed by atoms with Crippen LogP contribution < -0.4 is 15.1 Å². The third-order valence-electron chi connectivity index (χ3n) is 6.52. The molecule has 0 radical (unpaired) electrons. The van der Waals surface area contributed by atoms with E-state index in [0.717, 1.165) is 37.3 Å². The van der Waals surface area contributed by atoms with Crippen LogP contribution >= 0.6 is 0 Å². The summed E-state index contributed by atoms with van der Waals surface area (Å²) < 4.78 is 0. The molecule has 3 aromatic rings. The van der Waals surface area contributed by atoms with Crippen LogP contribution in [-0.4, -0.2) is 72.5 Å². The summed E-state index contributed by atoms with van der Waals surface area (Å²) in [6, 6.07) is 4.41. The zero-order valence-electron chi connectivity index (χ0n) is 19.1. The van der Waals surface area contributed by atoms with Crippen LogP contribution in [0.15, 0.2) is 18.3 Å². The van der Waals surface area contributed by atoms with Crippen LogP contribution in [0.2, 0.25) is 0 Å². The standard InChI is InChI=1S/C21H29N11O/c1-30(15-8-6-14(7-9-15)23-20(33)19-27-29-32(3)28-19)21-22-11-10-17(24-21)31(2)18-12-16(25-26-18)13-4-5-13/h10-15H,4-9H2,1-3H3,(H,23,33)(H,25,26)/t14-,15-. The number of aryl methyl sites for hydroxylation is 1. The summed E-state index contributed by atoms with van der Waals surface area (Å²) in [4.78, 5) is 27.0. The van der Waals surface area contributed by atoms with Crippen LogP contribution in [0.25, 0.3) is 0 Å². The van der Waals surface area contributed by atoms with Crippen molar-refractivity contribution in [3.8, 4) is 0 Å². The zero-order chi connectivity index (χ0) is 22.9. The number of anilines is 3. The van der Waals surface area contributed by atoms with Gasteiger partial charge in [0.2, 0.25) is 5.95 Å². The Hall–Kier alpha value is -3.57. The number of carbonyl (C=O) groups is 1. The van der Waals surface area contributed by atoms with Crippen molar-refractivity contribution in [1.29, 1.82) is 0 Å². The highest BCUT2D eigenvalue weighted by molar-refractivity contribution is 5.90. The second kappa shape index (κ2) is 8.75. The third kappa shape index (κ3) is 4.64. The fraction of sp³-hybridized carbons (Fsp3) is 0.571. The molecule has 2 N–H and O–H groups in total. The Kier molecular flexibility index (Phi) is 5.65. The lowest BCUT2D eigenvalue weighted by molar-refractivity contribution is 0.0914. The second-order valence-corrected chi connectivity index (χ2v) is 8.92. The van der Waals surface area contributed by atoms with E-state index in [9.17, 15) is 4.79 Å². The lowest BCUT2D eigenvalue weighted by Gasteiger charge is -2.35. The predicted molar refractivity (Wildman–Crippen MR) is 121 cm³/mol. The number of amides is 1. The Morgan fingerprint density at radius 1 is 1.15 bits per heavy atom. The first-order chi connectivity index (χ1) is 16.0. The van der Waals surface area contributed by atoms with E-state index in [1.165, 1.54) is 23.3 Å². The summed E-state index contributed by atoms with van der Waals surface area (Å²) in [6.45, 7) is 0. The lowest BCUT2D eigenvalue weighted by atomic mass is 9.90. The summed E-state index contributed by atoms with van der Waals surface area (Å²) in [5.41, 5.74) is 1.20. The highest BCUT2D eigenvalue weighted by Crippen LogP contribution is 2.40. The molecular weight excluding hydrogens is 422 g/mol. The number of aromatic amines is 1. The molecule has 33 heavy (non-hydrogen) atoms. The molecular formula is C21H29N11O. The van der Waals surface area contributed by atoms with Gasteiger partial charge < -0.3 is 15.1 Å². The molecule has 2 aliphatic carbocycles. The zero-order valence-corrected chi connectivity index (χ0v) is 19.1. The van der Waals surface area contributed by atoms with Crippen LogP contribution in [-0.2, 0) is 7.05 Å². The second-order valence-electron chi connectivity index (χ2n) is 8.92. The van der Waals surface area contributed by atoms with Gasteiger partial charge in [0, 0.05) is 50.1 Å². The van der Waals surface area contributed by atoms with Crippen LogP contribution in [0.4, 0.5) is 17.6 Å². The molecule has 1 amide bonds. The Bertz CT molecular complexity index is 1110. The highest BCUT2D eigenvalue weighted by Gasteiger charge is 2.28. The normalized spacial score (nSPS) is 20.5. The van der Waals surface area contributed by atoms with Crippen LogP contribution in [0.1, 0.15) is 60.8 Å². The maximum atomic E-state index is 12.3. The Balaban J connectivity index is 1.18. The van der Waals surface area contributed by atoms with Crippen molar-refractivity contribution in [3.05, 3.63) is 29.8 Å². The van der Waals surface area contributed by atoms with Crippen molar-refractivity contribution in [2.75, 3.05) is 23.9 Å². The number of H-pyrrole nitrogens is 1. The molecule has 5 rings (SSSR count). The number of nitrogens with zero attached hydrogens (tertiary/aromatic N) is 9. The molecule has 3 heterocycles. The first-order valence-corrected chi connectivity index (χ1v) is 11.4. The van der Waals surface area contributed by atoms with E-state index in [1.807, 2.05) is 25.1 Å². The minimum absolute atomic E-state index is 0.102. The topological polar surface area (TPSA) is 134 Å². The predicted octanol–water partition coefficient (Wildman–Crippen LogP) is 1.55. The first-order valence-electron chi connectivity index (χ1n) is 11.4. The minimum Gasteiger partial charge on any atom is -0.346 e. The molecule has 0 aromatic carbocycles. The van der Waals surface area contributed by atoms with Gasteiger partial charge in [-0.1, -0.05) is 0 Å². The minimum atomic E-state index is -0.276. The van der Waals surface area contributed by atoms with Gasteiger partial charge in [0.1, 0.15) is 5.82 Å². The third-order valence-corrected chi connectivity index (χ3v) is 6.52. The van der Waals surface area contributed by atoms with Crippen molar-refractivity contribution < 1.29 is 4.79 Å². The SMILES string of the molecule is CN(c1cc(C2CC2)[nH]n1)c1ccnc(N(C)[C@H]2CC[C@H](NC(=O)c3nnn(C)n3)CC2)n1. The van der Waals surface area contributed by atoms with Gasteiger partial charge in [-0.25, -0.2) is 4.98 Å². The number of tetrazole rings is 1. The molecule has 12 nitrogen and oxygen atoms in total.